The Balaban J connectivity index is 3.20. The van der Waals surface area contributed by atoms with Crippen LogP contribution in [0.25, 0.3) is 0 Å². The summed E-state index contributed by atoms with van der Waals surface area (Å²) in [6.45, 7) is 4.06. The van der Waals surface area contributed by atoms with E-state index in [1.165, 1.54) is 5.03 Å². The normalized spacial score (nSPS) is 10.4. The molecule has 0 atom stereocenters. The van der Waals surface area contributed by atoms with E-state index in [0.29, 0.717) is 0 Å². The van der Waals surface area contributed by atoms with Crippen LogP contribution < -0.4 is 0 Å². The van der Waals surface area contributed by atoms with E-state index in [1.807, 2.05) is 20.9 Å². The zero-order valence-corrected chi connectivity index (χ0v) is 7.62. The molecule has 0 radical (unpaired) electrons. The van der Waals surface area contributed by atoms with Crippen LogP contribution in [0, 0.1) is 13.8 Å². The predicted molar refractivity (Wildman–Crippen MR) is 44.5 cm³/mol. The number of aryl methyl sites for hydroxylation is 2. The molecule has 0 spiro atoms. The number of hydrogen-bond acceptors (Lipinski definition) is 2. The number of hydrogen-bond donors (Lipinski definition) is 0. The Hall–Kier alpha value is -0.440. The summed E-state index contributed by atoms with van der Waals surface area (Å²) in [5.41, 5.74) is 1.13. The third kappa shape index (κ3) is 1.06. The molecule has 1 aromatic heterocycles. The van der Waals surface area contributed by atoms with Crippen LogP contribution in [0.5, 0.6) is 0 Å². The molecule has 0 bridgehead atoms. The van der Waals surface area contributed by atoms with Gasteiger partial charge in [-0.2, -0.15) is 0 Å². The van der Waals surface area contributed by atoms with E-state index in [-0.39, 0.29) is 0 Å². The van der Waals surface area contributed by atoms with E-state index in [4.69, 9.17) is 0 Å². The van der Waals surface area contributed by atoms with Crippen molar-refractivity contribution in [2.45, 2.75) is 18.9 Å². The van der Waals surface area contributed by atoms with Gasteiger partial charge in [0, 0.05) is 7.05 Å². The van der Waals surface area contributed by atoms with Crippen molar-refractivity contribution in [3.05, 3.63) is 11.5 Å². The molecule has 1 rings (SSSR count). The molecule has 2 nitrogen and oxygen atoms in total. The monoisotopic (exact) mass is 156 g/mol. The first kappa shape index (κ1) is 7.66. The Labute approximate surface area is 65.7 Å². The van der Waals surface area contributed by atoms with Crippen molar-refractivity contribution in [2.75, 3.05) is 6.26 Å². The molecule has 56 valence electrons. The summed E-state index contributed by atoms with van der Waals surface area (Å²) >= 11 is 1.74. The van der Waals surface area contributed by atoms with Gasteiger partial charge in [0.1, 0.15) is 5.82 Å². The fourth-order valence-electron chi connectivity index (χ4n) is 1.04. The molecule has 0 unspecified atom stereocenters. The Kier molecular flexibility index (Phi) is 2.04. The van der Waals surface area contributed by atoms with E-state index in [2.05, 4.69) is 15.8 Å². The molecule has 0 aliphatic heterocycles. The minimum Gasteiger partial charge on any atom is -0.326 e. The lowest BCUT2D eigenvalue weighted by Crippen LogP contribution is -1.92. The van der Waals surface area contributed by atoms with Crippen molar-refractivity contribution in [2.24, 2.45) is 7.05 Å². The lowest BCUT2D eigenvalue weighted by molar-refractivity contribution is 0.783. The highest BCUT2D eigenvalue weighted by Gasteiger charge is 2.05. The standard InChI is InChI=1S/C7H12N2S/c1-5-7(10-4)9(3)6(2)8-5/h1-4H3. The van der Waals surface area contributed by atoms with Gasteiger partial charge in [0.2, 0.25) is 0 Å². The van der Waals surface area contributed by atoms with Gasteiger partial charge < -0.3 is 4.57 Å². The molecule has 0 aliphatic rings. The topological polar surface area (TPSA) is 17.8 Å². The van der Waals surface area contributed by atoms with Crippen LogP contribution in [-0.4, -0.2) is 15.8 Å². The van der Waals surface area contributed by atoms with E-state index in [1.54, 1.807) is 11.8 Å². The maximum atomic E-state index is 4.32. The highest BCUT2D eigenvalue weighted by Crippen LogP contribution is 2.19. The fraction of sp³-hybridized carbons (Fsp3) is 0.571. The summed E-state index contributed by atoms with van der Waals surface area (Å²) in [5.74, 6) is 1.09. The van der Waals surface area contributed by atoms with Crippen molar-refractivity contribution >= 4 is 11.8 Å². The average Bonchev–Trinajstić information content (AvgIpc) is 2.09. The van der Waals surface area contributed by atoms with Gasteiger partial charge in [-0.25, -0.2) is 4.98 Å². The minimum absolute atomic E-state index is 1.09. The smallest absolute Gasteiger partial charge is 0.106 e. The Morgan fingerprint density at radius 1 is 1.40 bits per heavy atom. The summed E-state index contributed by atoms with van der Waals surface area (Å²) < 4.78 is 2.11. The van der Waals surface area contributed by atoms with Gasteiger partial charge in [-0.1, -0.05) is 0 Å². The minimum atomic E-state index is 1.09. The molecule has 0 saturated carbocycles. The summed E-state index contributed by atoms with van der Waals surface area (Å²) in [7, 11) is 2.04. The van der Waals surface area contributed by atoms with Crippen molar-refractivity contribution in [1.29, 1.82) is 0 Å². The van der Waals surface area contributed by atoms with Gasteiger partial charge in [-0.3, -0.25) is 0 Å². The van der Waals surface area contributed by atoms with Crippen LogP contribution in [0.4, 0.5) is 0 Å². The van der Waals surface area contributed by atoms with Crippen molar-refractivity contribution < 1.29 is 0 Å². The molecule has 1 heterocycles. The SMILES string of the molecule is CSc1c(C)nc(C)n1C. The van der Waals surface area contributed by atoms with Gasteiger partial charge in [-0.05, 0) is 20.1 Å². The summed E-state index contributed by atoms with van der Waals surface area (Å²) in [6.07, 6.45) is 2.07. The Morgan fingerprint density at radius 3 is 2.20 bits per heavy atom. The van der Waals surface area contributed by atoms with Crippen LogP contribution in [0.1, 0.15) is 11.5 Å². The highest BCUT2D eigenvalue weighted by molar-refractivity contribution is 7.98. The van der Waals surface area contributed by atoms with Crippen molar-refractivity contribution in [1.82, 2.24) is 9.55 Å². The van der Waals surface area contributed by atoms with Gasteiger partial charge >= 0.3 is 0 Å². The second kappa shape index (κ2) is 2.66. The first-order valence-electron chi connectivity index (χ1n) is 3.20. The molecule has 0 saturated heterocycles. The number of aromatic nitrogens is 2. The van der Waals surface area contributed by atoms with E-state index >= 15 is 0 Å². The molecule has 0 aliphatic carbocycles. The van der Waals surface area contributed by atoms with Gasteiger partial charge in [0.15, 0.2) is 0 Å². The number of thioether (sulfide) groups is 1. The molecule has 3 heteroatoms. The maximum absolute atomic E-state index is 4.32. The van der Waals surface area contributed by atoms with Crippen LogP contribution in [0.2, 0.25) is 0 Å². The van der Waals surface area contributed by atoms with E-state index < -0.39 is 0 Å². The summed E-state index contributed by atoms with van der Waals surface area (Å²) in [6, 6.07) is 0. The lowest BCUT2D eigenvalue weighted by atomic mass is 10.6. The third-order valence-corrected chi connectivity index (χ3v) is 2.58. The van der Waals surface area contributed by atoms with Crippen LogP contribution in [-0.2, 0) is 7.05 Å². The van der Waals surface area contributed by atoms with E-state index in [9.17, 15) is 0 Å². The number of rotatable bonds is 1. The highest BCUT2D eigenvalue weighted by atomic mass is 32.2. The maximum Gasteiger partial charge on any atom is 0.106 e. The second-order valence-electron chi connectivity index (χ2n) is 2.31. The average molecular weight is 156 g/mol. The molecular formula is C7H12N2S. The Morgan fingerprint density at radius 2 is 2.00 bits per heavy atom. The largest absolute Gasteiger partial charge is 0.326 e. The third-order valence-electron chi connectivity index (χ3n) is 1.62. The molecule has 0 aromatic carbocycles. The Bertz CT molecular complexity index is 240. The van der Waals surface area contributed by atoms with Crippen molar-refractivity contribution in [3.8, 4) is 0 Å². The number of imidazole rings is 1. The second-order valence-corrected chi connectivity index (χ2v) is 3.11. The molecule has 0 amide bonds. The first-order valence-corrected chi connectivity index (χ1v) is 4.43. The van der Waals surface area contributed by atoms with Crippen LogP contribution in [0.3, 0.4) is 0 Å². The number of nitrogens with zero attached hydrogens (tertiary/aromatic N) is 2. The lowest BCUT2D eigenvalue weighted by Gasteiger charge is -1.98. The van der Waals surface area contributed by atoms with Crippen molar-refractivity contribution in [3.63, 3.8) is 0 Å². The first-order chi connectivity index (χ1) is 4.66. The summed E-state index contributed by atoms with van der Waals surface area (Å²) in [5, 5.41) is 1.26. The van der Waals surface area contributed by atoms with Crippen LogP contribution >= 0.6 is 11.8 Å². The summed E-state index contributed by atoms with van der Waals surface area (Å²) in [4.78, 5) is 4.32. The molecule has 0 fully saturated rings. The molecule has 0 N–H and O–H groups in total. The zero-order chi connectivity index (χ0) is 7.72. The fourth-order valence-corrected chi connectivity index (χ4v) is 1.79. The van der Waals surface area contributed by atoms with Gasteiger partial charge in [0.05, 0.1) is 10.7 Å². The van der Waals surface area contributed by atoms with Gasteiger partial charge in [-0.15, -0.1) is 11.8 Å². The quantitative estimate of drug-likeness (QED) is 0.577. The molecule has 1 aromatic rings. The predicted octanol–water partition coefficient (Wildman–Crippen LogP) is 1.76. The van der Waals surface area contributed by atoms with Crippen LogP contribution in [0.15, 0.2) is 5.03 Å². The zero-order valence-electron chi connectivity index (χ0n) is 6.80. The molecular weight excluding hydrogens is 144 g/mol. The van der Waals surface area contributed by atoms with E-state index in [0.717, 1.165) is 11.5 Å². The molecule has 10 heavy (non-hydrogen) atoms. The van der Waals surface area contributed by atoms with Gasteiger partial charge in [0.25, 0.3) is 0 Å².